The number of rotatable bonds is 4. The number of hydrogen-bond donors (Lipinski definition) is 0. The van der Waals surface area contributed by atoms with Crippen LogP contribution in [0.1, 0.15) is 44.9 Å². The summed E-state index contributed by atoms with van der Waals surface area (Å²) in [4.78, 5) is 6.81. The standard InChI is InChI=1S/C12H20ClN3S/c1-3-6-11-14-12(17-15-11)16(2)10-8-5-4-7-9(10)13/h9-10H,3-8H2,1-2H3. The first-order chi connectivity index (χ1) is 8.22. The molecule has 0 radical (unpaired) electrons. The predicted octanol–water partition coefficient (Wildman–Crippen LogP) is 3.48. The molecule has 2 unspecified atom stereocenters. The maximum Gasteiger partial charge on any atom is 0.205 e. The van der Waals surface area contributed by atoms with Crippen LogP contribution in [-0.2, 0) is 6.42 Å². The van der Waals surface area contributed by atoms with E-state index in [4.69, 9.17) is 11.6 Å². The third kappa shape index (κ3) is 3.10. The van der Waals surface area contributed by atoms with Crippen LogP contribution >= 0.6 is 23.1 Å². The van der Waals surface area contributed by atoms with Gasteiger partial charge in [-0.05, 0) is 19.3 Å². The van der Waals surface area contributed by atoms with Crippen LogP contribution in [0.2, 0.25) is 0 Å². The van der Waals surface area contributed by atoms with E-state index in [1.54, 1.807) is 0 Å². The van der Waals surface area contributed by atoms with Gasteiger partial charge in [0.2, 0.25) is 5.13 Å². The van der Waals surface area contributed by atoms with Crippen molar-refractivity contribution in [2.24, 2.45) is 0 Å². The van der Waals surface area contributed by atoms with Gasteiger partial charge in [0.25, 0.3) is 0 Å². The minimum Gasteiger partial charge on any atom is -0.345 e. The molecule has 3 nitrogen and oxygen atoms in total. The molecule has 96 valence electrons. The van der Waals surface area contributed by atoms with E-state index in [0.717, 1.165) is 30.2 Å². The molecule has 2 rings (SSSR count). The lowest BCUT2D eigenvalue weighted by molar-refractivity contribution is 0.434. The van der Waals surface area contributed by atoms with Crippen LogP contribution in [0.3, 0.4) is 0 Å². The SMILES string of the molecule is CCCc1nsc(N(C)C2CCCCC2Cl)n1. The van der Waals surface area contributed by atoms with Gasteiger partial charge in [-0.25, -0.2) is 4.98 Å². The largest absolute Gasteiger partial charge is 0.345 e. The fourth-order valence-electron chi connectivity index (χ4n) is 2.36. The lowest BCUT2D eigenvalue weighted by Gasteiger charge is -2.34. The number of anilines is 1. The van der Waals surface area contributed by atoms with Gasteiger partial charge in [-0.15, -0.1) is 11.6 Å². The molecular weight excluding hydrogens is 254 g/mol. The minimum absolute atomic E-state index is 0.257. The van der Waals surface area contributed by atoms with Crippen molar-refractivity contribution < 1.29 is 0 Å². The Morgan fingerprint density at radius 2 is 2.18 bits per heavy atom. The van der Waals surface area contributed by atoms with E-state index < -0.39 is 0 Å². The van der Waals surface area contributed by atoms with Gasteiger partial charge in [-0.1, -0.05) is 19.8 Å². The molecule has 0 aromatic carbocycles. The molecule has 17 heavy (non-hydrogen) atoms. The maximum atomic E-state index is 6.41. The Bertz CT molecular complexity index is 355. The Morgan fingerprint density at radius 1 is 1.41 bits per heavy atom. The molecule has 0 saturated heterocycles. The van der Waals surface area contributed by atoms with E-state index in [2.05, 4.69) is 28.2 Å². The molecule has 1 aliphatic rings. The van der Waals surface area contributed by atoms with Crippen molar-refractivity contribution in [2.75, 3.05) is 11.9 Å². The van der Waals surface area contributed by atoms with E-state index in [1.165, 1.54) is 30.8 Å². The van der Waals surface area contributed by atoms with Crippen molar-refractivity contribution in [3.8, 4) is 0 Å². The predicted molar refractivity (Wildman–Crippen MR) is 74.2 cm³/mol. The summed E-state index contributed by atoms with van der Waals surface area (Å²) in [5.74, 6) is 0.973. The average Bonchev–Trinajstić information content (AvgIpc) is 2.78. The smallest absolute Gasteiger partial charge is 0.205 e. The molecule has 1 aromatic heterocycles. The van der Waals surface area contributed by atoms with Crippen LogP contribution in [0.15, 0.2) is 0 Å². The van der Waals surface area contributed by atoms with E-state index in [0.29, 0.717) is 6.04 Å². The normalized spacial score (nSPS) is 24.9. The highest BCUT2D eigenvalue weighted by molar-refractivity contribution is 7.09. The molecule has 1 aromatic rings. The number of nitrogens with zero attached hydrogens (tertiary/aromatic N) is 3. The lowest BCUT2D eigenvalue weighted by Crippen LogP contribution is -2.40. The molecule has 2 atom stereocenters. The van der Waals surface area contributed by atoms with Crippen molar-refractivity contribution in [1.29, 1.82) is 0 Å². The van der Waals surface area contributed by atoms with Gasteiger partial charge in [0, 0.05) is 31.0 Å². The molecule has 0 amide bonds. The molecule has 0 spiro atoms. The second-order valence-corrected chi connectivity index (χ2v) is 6.01. The maximum absolute atomic E-state index is 6.41. The summed E-state index contributed by atoms with van der Waals surface area (Å²) in [6, 6.07) is 0.424. The van der Waals surface area contributed by atoms with Gasteiger partial charge >= 0.3 is 0 Å². The first kappa shape index (κ1) is 13.1. The summed E-state index contributed by atoms with van der Waals surface area (Å²) in [5, 5.41) is 1.28. The lowest BCUT2D eigenvalue weighted by atomic mass is 9.94. The monoisotopic (exact) mass is 273 g/mol. The third-order valence-corrected chi connectivity index (χ3v) is 4.73. The summed E-state index contributed by atoms with van der Waals surface area (Å²) in [7, 11) is 2.10. The van der Waals surface area contributed by atoms with Gasteiger partial charge in [0.1, 0.15) is 5.82 Å². The molecule has 0 N–H and O–H groups in total. The molecule has 0 aliphatic heterocycles. The quantitative estimate of drug-likeness (QED) is 0.787. The highest BCUT2D eigenvalue weighted by Crippen LogP contribution is 2.30. The molecule has 1 saturated carbocycles. The fourth-order valence-corrected chi connectivity index (χ4v) is 3.54. The van der Waals surface area contributed by atoms with Crippen LogP contribution < -0.4 is 4.90 Å². The minimum atomic E-state index is 0.257. The Morgan fingerprint density at radius 3 is 2.88 bits per heavy atom. The zero-order valence-corrected chi connectivity index (χ0v) is 12.1. The van der Waals surface area contributed by atoms with E-state index in [-0.39, 0.29) is 5.38 Å². The van der Waals surface area contributed by atoms with E-state index >= 15 is 0 Å². The van der Waals surface area contributed by atoms with Crippen molar-refractivity contribution in [2.45, 2.75) is 56.9 Å². The molecule has 0 bridgehead atoms. The summed E-state index contributed by atoms with van der Waals surface area (Å²) in [6.45, 7) is 2.15. The van der Waals surface area contributed by atoms with Gasteiger partial charge in [-0.3, -0.25) is 0 Å². The highest BCUT2D eigenvalue weighted by Gasteiger charge is 2.28. The Kier molecular flexibility index (Phi) is 4.62. The first-order valence-corrected chi connectivity index (χ1v) is 7.63. The van der Waals surface area contributed by atoms with Crippen LogP contribution in [0.5, 0.6) is 0 Å². The molecule has 5 heteroatoms. The number of hydrogen-bond acceptors (Lipinski definition) is 4. The number of aromatic nitrogens is 2. The molecule has 1 fully saturated rings. The Hall–Kier alpha value is -0.350. The number of alkyl halides is 1. The highest BCUT2D eigenvalue weighted by atomic mass is 35.5. The van der Waals surface area contributed by atoms with Gasteiger partial charge < -0.3 is 4.90 Å². The zero-order chi connectivity index (χ0) is 12.3. The van der Waals surface area contributed by atoms with Crippen molar-refractivity contribution in [1.82, 2.24) is 9.36 Å². The van der Waals surface area contributed by atoms with E-state index in [1.807, 2.05) is 0 Å². The second-order valence-electron chi connectivity index (χ2n) is 4.72. The number of aryl methyl sites for hydroxylation is 1. The van der Waals surface area contributed by atoms with Gasteiger partial charge in [-0.2, -0.15) is 4.37 Å². The summed E-state index contributed by atoms with van der Waals surface area (Å²) >= 11 is 7.91. The van der Waals surface area contributed by atoms with Crippen molar-refractivity contribution in [3.05, 3.63) is 5.82 Å². The molecule has 1 aliphatic carbocycles. The average molecular weight is 274 g/mol. The zero-order valence-electron chi connectivity index (χ0n) is 10.5. The van der Waals surface area contributed by atoms with Crippen molar-refractivity contribution in [3.63, 3.8) is 0 Å². The Labute approximate surface area is 112 Å². The van der Waals surface area contributed by atoms with Crippen LogP contribution in [-0.4, -0.2) is 27.8 Å². The first-order valence-electron chi connectivity index (χ1n) is 6.42. The molecular formula is C12H20ClN3S. The Balaban J connectivity index is 2.04. The summed E-state index contributed by atoms with van der Waals surface area (Å²) in [5.41, 5.74) is 0. The van der Waals surface area contributed by atoms with Crippen molar-refractivity contribution >= 4 is 28.3 Å². The third-order valence-electron chi connectivity index (χ3n) is 3.38. The summed E-state index contributed by atoms with van der Waals surface area (Å²) in [6.07, 6.45) is 6.90. The number of halogens is 1. The van der Waals surface area contributed by atoms with Gasteiger partial charge in [0.15, 0.2) is 0 Å². The second kappa shape index (κ2) is 6.01. The van der Waals surface area contributed by atoms with Crippen LogP contribution in [0.4, 0.5) is 5.13 Å². The van der Waals surface area contributed by atoms with E-state index in [9.17, 15) is 0 Å². The topological polar surface area (TPSA) is 29.0 Å². The van der Waals surface area contributed by atoms with Crippen LogP contribution in [0, 0.1) is 0 Å². The molecule has 1 heterocycles. The van der Waals surface area contributed by atoms with Crippen LogP contribution in [0.25, 0.3) is 0 Å². The summed E-state index contributed by atoms with van der Waals surface area (Å²) < 4.78 is 4.39. The van der Waals surface area contributed by atoms with Gasteiger partial charge in [0.05, 0.1) is 5.38 Å². The fraction of sp³-hybridized carbons (Fsp3) is 0.833.